The van der Waals surface area contributed by atoms with E-state index < -0.39 is 0 Å². The molecule has 1 aliphatic heterocycles. The summed E-state index contributed by atoms with van der Waals surface area (Å²) in [5.41, 5.74) is 3.67. The van der Waals surface area contributed by atoms with E-state index in [0.717, 1.165) is 35.3 Å². The van der Waals surface area contributed by atoms with E-state index >= 15 is 0 Å². The van der Waals surface area contributed by atoms with E-state index in [-0.39, 0.29) is 23.6 Å². The van der Waals surface area contributed by atoms with E-state index in [0.29, 0.717) is 30.9 Å². The number of amides is 1. The summed E-state index contributed by atoms with van der Waals surface area (Å²) in [4.78, 5) is 31.3. The van der Waals surface area contributed by atoms with Crippen LogP contribution in [-0.4, -0.2) is 36.6 Å². The van der Waals surface area contributed by atoms with Crippen LogP contribution in [0.1, 0.15) is 35.7 Å². The highest BCUT2D eigenvalue weighted by Crippen LogP contribution is 2.28. The average molecular weight is 462 g/mol. The number of aryl methyl sites for hydroxylation is 1. The predicted molar refractivity (Wildman–Crippen MR) is 130 cm³/mol. The number of hydrogen-bond acceptors (Lipinski definition) is 5. The molecule has 0 atom stereocenters. The first kappa shape index (κ1) is 23.4. The van der Waals surface area contributed by atoms with Crippen molar-refractivity contribution in [3.63, 3.8) is 0 Å². The van der Waals surface area contributed by atoms with Crippen LogP contribution in [-0.2, 0) is 9.53 Å². The van der Waals surface area contributed by atoms with E-state index in [1.807, 2.05) is 44.2 Å². The van der Waals surface area contributed by atoms with E-state index in [1.54, 1.807) is 18.3 Å². The molecule has 7 heteroatoms. The Morgan fingerprint density at radius 2 is 1.91 bits per heavy atom. The number of nitrogens with one attached hydrogen (secondary N) is 1. The molecule has 1 saturated heterocycles. The minimum atomic E-state index is -0.303. The van der Waals surface area contributed by atoms with Gasteiger partial charge in [0.05, 0.1) is 18.1 Å². The maximum atomic E-state index is 13.7. The topological polar surface area (TPSA) is 71.5 Å². The summed E-state index contributed by atoms with van der Waals surface area (Å²) in [6, 6.07) is 15.5. The molecule has 0 spiro atoms. The van der Waals surface area contributed by atoms with Gasteiger partial charge in [-0.15, -0.1) is 0 Å². The number of halogens is 1. The summed E-state index contributed by atoms with van der Waals surface area (Å²) in [6.45, 7) is 5.60. The summed E-state index contributed by atoms with van der Waals surface area (Å²) in [6.07, 6.45) is 3.01. The van der Waals surface area contributed by atoms with Crippen molar-refractivity contribution in [3.8, 4) is 11.1 Å². The molecule has 0 aliphatic carbocycles. The maximum absolute atomic E-state index is 13.7. The Bertz CT molecular complexity index is 1170. The first-order valence-electron chi connectivity index (χ1n) is 11.5. The van der Waals surface area contributed by atoms with Crippen LogP contribution >= 0.6 is 0 Å². The Morgan fingerprint density at radius 3 is 2.59 bits per heavy atom. The zero-order valence-electron chi connectivity index (χ0n) is 19.4. The lowest BCUT2D eigenvalue weighted by Crippen LogP contribution is -2.37. The fraction of sp³-hybridized carbons (Fsp3) is 0.296. The molecule has 0 bridgehead atoms. The molecule has 1 N–H and O–H groups in total. The first-order chi connectivity index (χ1) is 16.4. The molecule has 3 aromatic rings. The third-order valence-corrected chi connectivity index (χ3v) is 6.08. The molecule has 0 radical (unpaired) electrons. The van der Waals surface area contributed by atoms with Crippen LogP contribution < -0.4 is 10.2 Å². The number of benzene rings is 2. The van der Waals surface area contributed by atoms with Gasteiger partial charge in [0.2, 0.25) is 0 Å². The number of carbonyl (C=O) groups is 2. The highest BCUT2D eigenvalue weighted by Gasteiger charge is 2.26. The Balaban J connectivity index is 1.40. The summed E-state index contributed by atoms with van der Waals surface area (Å²) < 4.78 is 18.8. The molecule has 1 amide bonds. The minimum absolute atomic E-state index is 0.0620. The highest BCUT2D eigenvalue weighted by atomic mass is 19.1. The molecule has 1 aromatic heterocycles. The van der Waals surface area contributed by atoms with Crippen molar-refractivity contribution in [1.82, 2.24) is 4.98 Å². The predicted octanol–water partition coefficient (Wildman–Crippen LogP) is 5.23. The van der Waals surface area contributed by atoms with E-state index in [4.69, 9.17) is 4.74 Å². The molecule has 0 unspecified atom stereocenters. The highest BCUT2D eigenvalue weighted by molar-refractivity contribution is 6.04. The number of carbonyl (C=O) groups excluding carboxylic acids is 2. The van der Waals surface area contributed by atoms with Gasteiger partial charge in [-0.3, -0.25) is 9.59 Å². The molecule has 1 aliphatic rings. The number of hydrogen-bond donors (Lipinski definition) is 1. The monoisotopic (exact) mass is 461 g/mol. The number of rotatable bonds is 6. The zero-order valence-corrected chi connectivity index (χ0v) is 19.4. The number of nitrogens with zero attached hydrogens (tertiary/aromatic N) is 2. The lowest BCUT2D eigenvalue weighted by molar-refractivity contribution is -0.148. The van der Waals surface area contributed by atoms with Crippen LogP contribution in [0.4, 0.5) is 15.9 Å². The fourth-order valence-corrected chi connectivity index (χ4v) is 4.18. The normalized spacial score (nSPS) is 14.0. The van der Waals surface area contributed by atoms with Gasteiger partial charge in [0.25, 0.3) is 5.91 Å². The van der Waals surface area contributed by atoms with Crippen molar-refractivity contribution >= 4 is 23.4 Å². The van der Waals surface area contributed by atoms with Crippen LogP contribution in [0, 0.1) is 18.7 Å². The summed E-state index contributed by atoms with van der Waals surface area (Å²) >= 11 is 0. The minimum Gasteiger partial charge on any atom is -0.466 e. The standard InChI is InChI=1S/C27H28FN3O3/c1-3-34-27(33)19-11-13-31(14-12-19)25-10-8-21(17-29-25)26(32)30-23-9-7-18(2)24(16-23)20-5-4-6-22(28)15-20/h4-10,15-17,19H,3,11-14H2,1-2H3,(H,30,32). The van der Waals surface area contributed by atoms with Crippen molar-refractivity contribution < 1.29 is 18.7 Å². The SMILES string of the molecule is CCOC(=O)C1CCN(c2ccc(C(=O)Nc3ccc(C)c(-c4cccc(F)c4)c3)cn2)CC1. The first-order valence-corrected chi connectivity index (χ1v) is 11.5. The zero-order chi connectivity index (χ0) is 24.1. The average Bonchev–Trinajstić information content (AvgIpc) is 2.85. The number of aromatic nitrogens is 1. The Kier molecular flexibility index (Phi) is 7.21. The number of esters is 1. The number of piperidine rings is 1. The quantitative estimate of drug-likeness (QED) is 0.509. The molecular weight excluding hydrogens is 433 g/mol. The number of ether oxygens (including phenoxy) is 1. The molecule has 176 valence electrons. The van der Waals surface area contributed by atoms with Crippen LogP contribution in [0.3, 0.4) is 0 Å². The molecule has 6 nitrogen and oxygen atoms in total. The van der Waals surface area contributed by atoms with E-state index in [1.165, 1.54) is 12.1 Å². The van der Waals surface area contributed by atoms with Crippen LogP contribution in [0.15, 0.2) is 60.8 Å². The van der Waals surface area contributed by atoms with E-state index in [9.17, 15) is 14.0 Å². The Hall–Kier alpha value is -3.74. The Labute approximate surface area is 198 Å². The second kappa shape index (κ2) is 10.5. The van der Waals surface area contributed by atoms with Crippen molar-refractivity contribution in [1.29, 1.82) is 0 Å². The van der Waals surface area contributed by atoms with Gasteiger partial charge in [0.15, 0.2) is 0 Å². The van der Waals surface area contributed by atoms with Gasteiger partial charge in [-0.1, -0.05) is 18.2 Å². The van der Waals surface area contributed by atoms with Gasteiger partial charge in [-0.2, -0.15) is 0 Å². The second-order valence-corrected chi connectivity index (χ2v) is 8.41. The van der Waals surface area contributed by atoms with Crippen LogP contribution in [0.25, 0.3) is 11.1 Å². The van der Waals surface area contributed by atoms with Crippen molar-refractivity contribution in [2.24, 2.45) is 5.92 Å². The Morgan fingerprint density at radius 1 is 1.12 bits per heavy atom. The molecule has 2 heterocycles. The smallest absolute Gasteiger partial charge is 0.309 e. The second-order valence-electron chi connectivity index (χ2n) is 8.41. The van der Waals surface area contributed by atoms with Crippen LogP contribution in [0.2, 0.25) is 0 Å². The van der Waals surface area contributed by atoms with Gasteiger partial charge in [-0.05, 0) is 79.8 Å². The lowest BCUT2D eigenvalue weighted by Gasteiger charge is -2.31. The third-order valence-electron chi connectivity index (χ3n) is 6.08. The molecule has 0 saturated carbocycles. The third kappa shape index (κ3) is 5.42. The maximum Gasteiger partial charge on any atom is 0.309 e. The van der Waals surface area contributed by atoms with Crippen molar-refractivity contribution in [2.75, 3.05) is 29.9 Å². The molecular formula is C27H28FN3O3. The molecule has 2 aromatic carbocycles. The molecule has 4 rings (SSSR count). The van der Waals surface area contributed by atoms with Gasteiger partial charge in [0.1, 0.15) is 11.6 Å². The van der Waals surface area contributed by atoms with Gasteiger partial charge >= 0.3 is 5.97 Å². The van der Waals surface area contributed by atoms with Crippen molar-refractivity contribution in [3.05, 3.63) is 77.7 Å². The van der Waals surface area contributed by atoms with Gasteiger partial charge in [-0.25, -0.2) is 9.37 Å². The summed E-state index contributed by atoms with van der Waals surface area (Å²) in [5.74, 6) is 0.0196. The van der Waals surface area contributed by atoms with Gasteiger partial charge in [0, 0.05) is 25.0 Å². The largest absolute Gasteiger partial charge is 0.466 e. The molecule has 34 heavy (non-hydrogen) atoms. The van der Waals surface area contributed by atoms with Crippen molar-refractivity contribution in [2.45, 2.75) is 26.7 Å². The molecule has 1 fully saturated rings. The van der Waals surface area contributed by atoms with E-state index in [2.05, 4.69) is 15.2 Å². The number of pyridine rings is 1. The fourth-order valence-electron chi connectivity index (χ4n) is 4.18. The summed E-state index contributed by atoms with van der Waals surface area (Å²) in [7, 11) is 0. The number of anilines is 2. The lowest BCUT2D eigenvalue weighted by atomic mass is 9.97. The summed E-state index contributed by atoms with van der Waals surface area (Å²) in [5, 5.41) is 2.90. The van der Waals surface area contributed by atoms with Crippen LogP contribution in [0.5, 0.6) is 0 Å². The van der Waals surface area contributed by atoms with Gasteiger partial charge < -0.3 is 15.0 Å².